The number of hydrogen-bond acceptors (Lipinski definition) is 8. The number of nitro benzene ring substituents is 2. The van der Waals surface area contributed by atoms with Crippen molar-refractivity contribution in [3.05, 3.63) is 74.3 Å². The summed E-state index contributed by atoms with van der Waals surface area (Å²) in [5.74, 6) is -2.49. The molecule has 0 radical (unpaired) electrons. The zero-order valence-electron chi connectivity index (χ0n) is 16.4. The Bertz CT molecular complexity index is 1040. The molecule has 31 heavy (non-hydrogen) atoms. The molecule has 2 amide bonds. The van der Waals surface area contributed by atoms with E-state index in [1.54, 1.807) is 0 Å². The van der Waals surface area contributed by atoms with E-state index in [4.69, 9.17) is 4.74 Å². The molecule has 0 aromatic heterocycles. The number of nitrogens with zero attached hydrogens (tertiary/aromatic N) is 2. The van der Waals surface area contributed by atoms with Crippen LogP contribution < -0.4 is 10.6 Å². The minimum absolute atomic E-state index is 0.0315. The van der Waals surface area contributed by atoms with Crippen molar-refractivity contribution in [3.8, 4) is 0 Å². The van der Waals surface area contributed by atoms with Crippen molar-refractivity contribution in [1.29, 1.82) is 0 Å². The largest absolute Gasteiger partial charge is 0.451 e. The van der Waals surface area contributed by atoms with E-state index in [0.717, 1.165) is 6.07 Å². The zero-order chi connectivity index (χ0) is 23.1. The van der Waals surface area contributed by atoms with Gasteiger partial charge < -0.3 is 15.4 Å². The fourth-order valence-electron chi connectivity index (χ4n) is 2.40. The molecule has 0 aliphatic rings. The average Bonchev–Trinajstić information content (AvgIpc) is 2.73. The summed E-state index contributed by atoms with van der Waals surface area (Å²) in [7, 11) is 0. The maximum absolute atomic E-state index is 12.2. The molecule has 0 aliphatic carbocycles. The Morgan fingerprint density at radius 3 is 2.29 bits per heavy atom. The van der Waals surface area contributed by atoms with Gasteiger partial charge in [-0.3, -0.25) is 29.8 Å². The van der Waals surface area contributed by atoms with Crippen LogP contribution in [0.2, 0.25) is 0 Å². The smallest absolute Gasteiger partial charge is 0.329 e. The summed E-state index contributed by atoms with van der Waals surface area (Å²) in [5.41, 5.74) is -0.710. The van der Waals surface area contributed by atoms with Crippen molar-refractivity contribution in [1.82, 2.24) is 5.32 Å². The van der Waals surface area contributed by atoms with Crippen LogP contribution in [0, 0.1) is 20.2 Å². The highest BCUT2D eigenvalue weighted by Gasteiger charge is 2.25. The third-order valence-electron chi connectivity index (χ3n) is 4.04. The first kappa shape index (κ1) is 22.9. The van der Waals surface area contributed by atoms with E-state index >= 15 is 0 Å². The highest BCUT2D eigenvalue weighted by molar-refractivity contribution is 5.99. The van der Waals surface area contributed by atoms with Crippen molar-refractivity contribution in [2.24, 2.45) is 0 Å². The molecule has 2 aromatic carbocycles. The van der Waals surface area contributed by atoms with Gasteiger partial charge in [0.1, 0.15) is 11.7 Å². The fourth-order valence-corrected chi connectivity index (χ4v) is 2.40. The molecular formula is C19H18N4O8. The first-order chi connectivity index (χ1) is 14.6. The van der Waals surface area contributed by atoms with Crippen LogP contribution in [0.1, 0.15) is 24.2 Å². The predicted molar refractivity (Wildman–Crippen MR) is 107 cm³/mol. The Morgan fingerprint density at radius 2 is 1.65 bits per heavy atom. The van der Waals surface area contributed by atoms with Gasteiger partial charge in [0.05, 0.1) is 9.85 Å². The van der Waals surface area contributed by atoms with Gasteiger partial charge in [-0.15, -0.1) is 0 Å². The summed E-state index contributed by atoms with van der Waals surface area (Å²) in [5, 5.41) is 26.4. The first-order valence-corrected chi connectivity index (χ1v) is 8.90. The second kappa shape index (κ2) is 9.91. The van der Waals surface area contributed by atoms with Crippen LogP contribution >= 0.6 is 0 Å². The third-order valence-corrected chi connectivity index (χ3v) is 4.04. The maximum atomic E-state index is 12.2. The number of para-hydroxylation sites is 2. The molecule has 2 aromatic rings. The van der Waals surface area contributed by atoms with E-state index in [2.05, 4.69) is 10.6 Å². The van der Waals surface area contributed by atoms with E-state index in [9.17, 15) is 34.6 Å². The van der Waals surface area contributed by atoms with Crippen molar-refractivity contribution in [3.63, 3.8) is 0 Å². The van der Waals surface area contributed by atoms with Gasteiger partial charge >= 0.3 is 5.97 Å². The Balaban J connectivity index is 1.97. The van der Waals surface area contributed by atoms with E-state index in [1.807, 2.05) is 0 Å². The standard InChI is InChI=1S/C19H18N4O8/c1-11(20-18(25)13-6-5-7-14(10-13)22(27)28)19(26)31-12(2)17(24)21-15-8-3-4-9-16(15)23(29)30/h3-12H,1-2H3,(H,20,25)(H,21,24). The van der Waals surface area contributed by atoms with Gasteiger partial charge in [-0.05, 0) is 26.0 Å². The first-order valence-electron chi connectivity index (χ1n) is 8.90. The molecule has 2 N–H and O–H groups in total. The Hall–Kier alpha value is -4.35. The van der Waals surface area contributed by atoms with Crippen LogP contribution in [0.4, 0.5) is 17.1 Å². The Kier molecular flexibility index (Phi) is 7.33. The lowest BCUT2D eigenvalue weighted by Crippen LogP contribution is -2.42. The van der Waals surface area contributed by atoms with Crippen LogP contribution in [-0.4, -0.2) is 39.8 Å². The number of non-ortho nitro benzene ring substituents is 1. The van der Waals surface area contributed by atoms with E-state index in [-0.39, 0.29) is 22.6 Å². The molecule has 0 spiro atoms. The molecule has 12 nitrogen and oxygen atoms in total. The van der Waals surface area contributed by atoms with Gasteiger partial charge in [0.2, 0.25) is 0 Å². The topological polar surface area (TPSA) is 171 Å². The summed E-state index contributed by atoms with van der Waals surface area (Å²) >= 11 is 0. The lowest BCUT2D eigenvalue weighted by Gasteiger charge is -2.17. The van der Waals surface area contributed by atoms with Crippen LogP contribution in [0.15, 0.2) is 48.5 Å². The number of esters is 1. The number of benzene rings is 2. The van der Waals surface area contributed by atoms with Gasteiger partial charge in [0, 0.05) is 23.8 Å². The Labute approximate surface area is 175 Å². The van der Waals surface area contributed by atoms with Crippen LogP contribution in [0.25, 0.3) is 0 Å². The second-order valence-electron chi connectivity index (χ2n) is 6.35. The molecule has 12 heteroatoms. The van der Waals surface area contributed by atoms with Gasteiger partial charge in [-0.25, -0.2) is 4.79 Å². The van der Waals surface area contributed by atoms with E-state index in [1.165, 1.54) is 56.3 Å². The number of carbonyl (C=O) groups is 3. The molecular weight excluding hydrogens is 412 g/mol. The van der Waals surface area contributed by atoms with E-state index < -0.39 is 39.8 Å². The molecule has 0 bridgehead atoms. The molecule has 0 saturated heterocycles. The van der Waals surface area contributed by atoms with Crippen molar-refractivity contribution in [2.75, 3.05) is 5.32 Å². The fraction of sp³-hybridized carbons (Fsp3) is 0.211. The monoisotopic (exact) mass is 430 g/mol. The number of nitrogens with one attached hydrogen (secondary N) is 2. The average molecular weight is 430 g/mol. The third kappa shape index (κ3) is 6.06. The number of anilines is 1. The SMILES string of the molecule is CC(NC(=O)c1cccc([N+](=O)[O-])c1)C(=O)OC(C)C(=O)Nc1ccccc1[N+](=O)[O-]. The molecule has 0 aliphatic heterocycles. The quantitative estimate of drug-likeness (QED) is 0.364. The number of rotatable bonds is 8. The van der Waals surface area contributed by atoms with Crippen molar-refractivity contribution < 1.29 is 29.0 Å². The molecule has 0 fully saturated rings. The Morgan fingerprint density at radius 1 is 0.968 bits per heavy atom. The van der Waals surface area contributed by atoms with Gasteiger partial charge in [0.15, 0.2) is 6.10 Å². The number of amides is 2. The van der Waals surface area contributed by atoms with Crippen molar-refractivity contribution >= 4 is 34.8 Å². The van der Waals surface area contributed by atoms with Gasteiger partial charge in [-0.2, -0.15) is 0 Å². The molecule has 0 saturated carbocycles. The lowest BCUT2D eigenvalue weighted by molar-refractivity contribution is -0.384. The maximum Gasteiger partial charge on any atom is 0.329 e. The van der Waals surface area contributed by atoms with Gasteiger partial charge in [0.25, 0.3) is 23.2 Å². The summed E-state index contributed by atoms with van der Waals surface area (Å²) in [6.45, 7) is 2.57. The van der Waals surface area contributed by atoms with Crippen LogP contribution in [0.5, 0.6) is 0 Å². The minimum atomic E-state index is -1.32. The number of carbonyl (C=O) groups excluding carboxylic acids is 3. The number of nitro groups is 2. The number of ether oxygens (including phenoxy) is 1. The van der Waals surface area contributed by atoms with Crippen LogP contribution in [0.3, 0.4) is 0 Å². The molecule has 2 unspecified atom stereocenters. The summed E-state index contributed by atoms with van der Waals surface area (Å²) < 4.78 is 5.00. The zero-order valence-corrected chi connectivity index (χ0v) is 16.4. The summed E-state index contributed by atoms with van der Waals surface area (Å²) in [6.07, 6.45) is -1.32. The normalized spacial score (nSPS) is 12.2. The number of hydrogen-bond donors (Lipinski definition) is 2. The highest BCUT2D eigenvalue weighted by Crippen LogP contribution is 2.23. The van der Waals surface area contributed by atoms with Crippen molar-refractivity contribution in [2.45, 2.75) is 26.0 Å². The second-order valence-corrected chi connectivity index (χ2v) is 6.35. The van der Waals surface area contributed by atoms with E-state index in [0.29, 0.717) is 0 Å². The molecule has 162 valence electrons. The predicted octanol–water partition coefficient (Wildman–Crippen LogP) is 2.19. The van der Waals surface area contributed by atoms with Crippen LogP contribution in [-0.2, 0) is 14.3 Å². The lowest BCUT2D eigenvalue weighted by atomic mass is 10.2. The minimum Gasteiger partial charge on any atom is -0.451 e. The molecule has 0 heterocycles. The molecule has 2 atom stereocenters. The van der Waals surface area contributed by atoms with Gasteiger partial charge in [-0.1, -0.05) is 18.2 Å². The summed E-state index contributed by atoms with van der Waals surface area (Å²) in [6, 6.07) is 9.21. The summed E-state index contributed by atoms with van der Waals surface area (Å²) in [4.78, 5) is 57.1. The molecule has 2 rings (SSSR count). The highest BCUT2D eigenvalue weighted by atomic mass is 16.6.